The van der Waals surface area contributed by atoms with E-state index in [1.807, 2.05) is 0 Å². The lowest BCUT2D eigenvalue weighted by atomic mass is 9.93. The maximum Gasteiger partial charge on any atom is 0.490 e. The van der Waals surface area contributed by atoms with Crippen LogP contribution >= 0.6 is 23.5 Å². The number of aromatic nitrogens is 1. The van der Waals surface area contributed by atoms with Crippen molar-refractivity contribution < 1.29 is 61.4 Å². The van der Waals surface area contributed by atoms with Crippen molar-refractivity contribution in [3.63, 3.8) is 0 Å². The van der Waals surface area contributed by atoms with E-state index in [0.29, 0.717) is 12.0 Å². The number of aliphatic hydroxyl groups is 2. The van der Waals surface area contributed by atoms with Crippen LogP contribution in [0.5, 0.6) is 0 Å². The normalized spacial score (nSPS) is 29.8. The van der Waals surface area contributed by atoms with Crippen LogP contribution < -0.4 is 5.56 Å². The molecular weight excluding hydrogens is 499 g/mol. The summed E-state index contributed by atoms with van der Waals surface area (Å²) in [6.45, 7) is -0.960. The molecule has 0 amide bonds. The minimum Gasteiger partial charge on any atom is -0.387 e. The fourth-order valence-corrected chi connectivity index (χ4v) is 6.55. The molecule has 0 bridgehead atoms. The Balaban J connectivity index is 1.68. The van der Waals surface area contributed by atoms with E-state index < -0.39 is 60.2 Å². The zero-order valence-electron chi connectivity index (χ0n) is 16.2. The lowest BCUT2D eigenvalue weighted by Gasteiger charge is -2.22. The Morgan fingerprint density at radius 2 is 1.66 bits per heavy atom. The highest BCUT2D eigenvalue weighted by atomic mass is 31.3. The molecule has 1 saturated heterocycles. The average Bonchev–Trinajstić information content (AvgIpc) is 2.92. The molecule has 0 aromatic carbocycles. The molecule has 1 aliphatic carbocycles. The molecule has 1 aromatic rings. The minimum absolute atomic E-state index is 0.410. The molecule has 2 unspecified atom stereocenters. The number of aryl methyl sites for hydroxylation is 1. The molecular formula is C14H22NO14P3. The van der Waals surface area contributed by atoms with Gasteiger partial charge in [0.05, 0.1) is 6.61 Å². The molecule has 0 saturated carbocycles. The third-order valence-corrected chi connectivity index (χ3v) is 8.67. The number of phosphoric acid groups is 3. The van der Waals surface area contributed by atoms with E-state index in [4.69, 9.17) is 19.4 Å². The second-order valence-corrected chi connectivity index (χ2v) is 11.6. The quantitative estimate of drug-likeness (QED) is 0.241. The molecule has 1 aromatic heterocycles. The average molecular weight is 521 g/mol. The second kappa shape index (κ2) is 9.47. The molecule has 2 aliphatic rings. The summed E-state index contributed by atoms with van der Waals surface area (Å²) in [5.41, 5.74) is 1.04. The molecule has 3 rings (SSSR count). The maximum absolute atomic E-state index is 12.8. The number of nitrogens with zero attached hydrogens (tertiary/aromatic N) is 1. The first-order valence-electron chi connectivity index (χ1n) is 9.22. The third-order valence-electron chi connectivity index (χ3n) is 4.87. The molecule has 6 N–H and O–H groups in total. The first kappa shape index (κ1) is 25.9. The van der Waals surface area contributed by atoms with Crippen LogP contribution in [-0.4, -0.2) is 59.3 Å². The van der Waals surface area contributed by atoms with E-state index in [-0.39, 0.29) is 0 Å². The predicted octanol–water partition coefficient (Wildman–Crippen LogP) is -0.310. The standard InChI is InChI=1S/C14H22NO14P3/c16-11-10(7-26-31(22,23)29-32(24,25)28-30(19,20)21)27-14(12(11)17)15-6-5-8-3-1-2-4-9(8)13(15)18/h5-6,10-12,14,16-17H,1-4,7H2,(H,22,23)(H,24,25)(H2,19,20,21)/t10-,11-,12-,14-/m1/s1. The van der Waals surface area contributed by atoms with E-state index in [1.165, 1.54) is 6.20 Å². The van der Waals surface area contributed by atoms with Gasteiger partial charge in [-0.15, -0.1) is 0 Å². The van der Waals surface area contributed by atoms with Crippen molar-refractivity contribution in [3.8, 4) is 0 Å². The van der Waals surface area contributed by atoms with Crippen molar-refractivity contribution in [3.05, 3.63) is 33.7 Å². The van der Waals surface area contributed by atoms with Gasteiger partial charge in [-0.05, 0) is 37.3 Å². The summed E-state index contributed by atoms with van der Waals surface area (Å²) >= 11 is 0. The number of pyridine rings is 1. The number of hydrogen-bond acceptors (Lipinski definition) is 10. The highest BCUT2D eigenvalue weighted by molar-refractivity contribution is 7.66. The maximum atomic E-state index is 12.8. The van der Waals surface area contributed by atoms with Crippen LogP contribution in [0.15, 0.2) is 17.1 Å². The summed E-state index contributed by atoms with van der Waals surface area (Å²) in [5.74, 6) is 0. The van der Waals surface area contributed by atoms with Gasteiger partial charge in [-0.3, -0.25) is 13.9 Å². The van der Waals surface area contributed by atoms with Crippen molar-refractivity contribution >= 4 is 23.5 Å². The van der Waals surface area contributed by atoms with Gasteiger partial charge in [-0.2, -0.15) is 8.62 Å². The van der Waals surface area contributed by atoms with Crippen LogP contribution in [0.3, 0.4) is 0 Å². The van der Waals surface area contributed by atoms with E-state index in [9.17, 15) is 33.6 Å². The highest BCUT2D eigenvalue weighted by Gasteiger charge is 2.46. The second-order valence-electron chi connectivity index (χ2n) is 7.17. The van der Waals surface area contributed by atoms with Gasteiger partial charge < -0.3 is 34.5 Å². The fourth-order valence-electron chi connectivity index (χ4n) is 3.52. The first-order chi connectivity index (χ1) is 14.7. The third kappa shape index (κ3) is 6.22. The minimum atomic E-state index is -5.70. The monoisotopic (exact) mass is 521 g/mol. The zero-order valence-corrected chi connectivity index (χ0v) is 18.9. The van der Waals surface area contributed by atoms with E-state index >= 15 is 0 Å². The van der Waals surface area contributed by atoms with Crippen LogP contribution in [-0.2, 0) is 44.4 Å². The van der Waals surface area contributed by atoms with Gasteiger partial charge in [0, 0.05) is 11.8 Å². The molecule has 0 spiro atoms. The van der Waals surface area contributed by atoms with Gasteiger partial charge >= 0.3 is 23.5 Å². The number of phosphoric ester groups is 1. The van der Waals surface area contributed by atoms with Crippen molar-refractivity contribution in [2.75, 3.05) is 6.61 Å². The largest absolute Gasteiger partial charge is 0.490 e. The van der Waals surface area contributed by atoms with Crippen molar-refractivity contribution in [1.82, 2.24) is 4.57 Å². The lowest BCUT2D eigenvalue weighted by Crippen LogP contribution is -2.36. The number of hydrogen-bond donors (Lipinski definition) is 6. The molecule has 1 aliphatic heterocycles. The fraction of sp³-hybridized carbons (Fsp3) is 0.643. The Morgan fingerprint density at radius 3 is 2.31 bits per heavy atom. The molecule has 32 heavy (non-hydrogen) atoms. The Morgan fingerprint density at radius 1 is 1.00 bits per heavy atom. The van der Waals surface area contributed by atoms with Gasteiger partial charge in [0.2, 0.25) is 0 Å². The molecule has 18 heteroatoms. The molecule has 0 radical (unpaired) electrons. The van der Waals surface area contributed by atoms with Crippen LogP contribution in [0.25, 0.3) is 0 Å². The number of rotatable bonds is 8. The molecule has 182 valence electrons. The summed E-state index contributed by atoms with van der Waals surface area (Å²) in [6, 6.07) is 1.71. The van der Waals surface area contributed by atoms with Gasteiger partial charge in [0.1, 0.15) is 18.3 Å². The van der Waals surface area contributed by atoms with E-state index in [2.05, 4.69) is 13.1 Å². The molecule has 2 heterocycles. The molecule has 6 atom stereocenters. The summed E-state index contributed by atoms with van der Waals surface area (Å²) in [5, 5.41) is 20.5. The van der Waals surface area contributed by atoms with Crippen LogP contribution in [0, 0.1) is 0 Å². The molecule has 1 fully saturated rings. The first-order valence-corrected chi connectivity index (χ1v) is 13.7. The zero-order chi connectivity index (χ0) is 23.9. The van der Waals surface area contributed by atoms with Crippen LogP contribution in [0.2, 0.25) is 0 Å². The Kier molecular flexibility index (Phi) is 7.65. The van der Waals surface area contributed by atoms with Gasteiger partial charge in [0.15, 0.2) is 6.23 Å². The highest BCUT2D eigenvalue weighted by Crippen LogP contribution is 2.66. The number of fused-ring (bicyclic) bond motifs is 1. The Hall–Kier alpha value is -0.760. The smallest absolute Gasteiger partial charge is 0.387 e. The Bertz CT molecular complexity index is 1050. The lowest BCUT2D eigenvalue weighted by molar-refractivity contribution is -0.0537. The van der Waals surface area contributed by atoms with Crippen molar-refractivity contribution in [1.29, 1.82) is 0 Å². The summed E-state index contributed by atoms with van der Waals surface area (Å²) in [7, 11) is -16.7. The van der Waals surface area contributed by atoms with Gasteiger partial charge in [-0.1, -0.05) is 0 Å². The summed E-state index contributed by atoms with van der Waals surface area (Å²) in [4.78, 5) is 48.4. The van der Waals surface area contributed by atoms with Crippen molar-refractivity contribution in [2.45, 2.75) is 50.2 Å². The predicted molar refractivity (Wildman–Crippen MR) is 103 cm³/mol. The van der Waals surface area contributed by atoms with Gasteiger partial charge in [0.25, 0.3) is 5.56 Å². The Labute approximate surface area is 180 Å². The van der Waals surface area contributed by atoms with E-state index in [0.717, 1.165) is 29.4 Å². The number of ether oxygens (including phenoxy) is 1. The number of aliphatic hydroxyl groups excluding tert-OH is 2. The SMILES string of the molecule is O=c1c2c(ccn1[C@@H]1O[C@H](COP(=O)(O)OP(=O)(O)OP(=O)(O)O)[C@@H](O)[C@H]1O)CCCC2. The van der Waals surface area contributed by atoms with Crippen LogP contribution in [0.1, 0.15) is 30.2 Å². The molecule has 15 nitrogen and oxygen atoms in total. The van der Waals surface area contributed by atoms with Gasteiger partial charge in [-0.25, -0.2) is 13.7 Å². The van der Waals surface area contributed by atoms with Crippen LogP contribution in [0.4, 0.5) is 0 Å². The summed E-state index contributed by atoms with van der Waals surface area (Å²) < 4.78 is 51.9. The summed E-state index contributed by atoms with van der Waals surface area (Å²) in [6.07, 6.45) is -1.66. The van der Waals surface area contributed by atoms with Crippen molar-refractivity contribution in [2.24, 2.45) is 0 Å². The van der Waals surface area contributed by atoms with E-state index in [1.54, 1.807) is 6.07 Å². The topological polar surface area (TPSA) is 232 Å².